The Hall–Kier alpha value is -1.96. The molecule has 0 aliphatic rings. The van der Waals surface area contributed by atoms with E-state index in [0.717, 1.165) is 13.0 Å². The van der Waals surface area contributed by atoms with Crippen molar-refractivity contribution in [3.8, 4) is 0 Å². The first-order valence-electron chi connectivity index (χ1n) is 5.64. The fourth-order valence-electron chi connectivity index (χ4n) is 1.61. The molecule has 1 atom stereocenters. The van der Waals surface area contributed by atoms with Crippen LogP contribution in [0.3, 0.4) is 0 Å². The summed E-state index contributed by atoms with van der Waals surface area (Å²) >= 11 is 0. The fourth-order valence-corrected chi connectivity index (χ4v) is 3.15. The average Bonchev–Trinajstić information content (AvgIpc) is 2.26. The monoisotopic (exact) mass is 303 g/mol. The molecule has 1 rings (SSSR count). The molecule has 0 saturated carbocycles. The number of amides is 1. The fraction of sp³-hybridized carbons (Fsp3) is 0.333. The zero-order chi connectivity index (χ0) is 15.3. The van der Waals surface area contributed by atoms with Gasteiger partial charge in [0.1, 0.15) is 11.9 Å². The van der Waals surface area contributed by atoms with Crippen molar-refractivity contribution in [2.45, 2.75) is 18.7 Å². The minimum Gasteiger partial charge on any atom is -0.480 e. The van der Waals surface area contributed by atoms with Crippen molar-refractivity contribution in [3.05, 3.63) is 35.6 Å². The average molecular weight is 303 g/mol. The van der Waals surface area contributed by atoms with Crippen molar-refractivity contribution in [2.75, 3.05) is 5.75 Å². The predicted molar refractivity (Wildman–Crippen MR) is 69.1 cm³/mol. The number of carboxylic acid groups (broad SMARTS) is 1. The van der Waals surface area contributed by atoms with Gasteiger partial charge < -0.3 is 10.4 Å². The summed E-state index contributed by atoms with van der Waals surface area (Å²) in [5, 5.41) is 10.9. The molecule has 20 heavy (non-hydrogen) atoms. The first kappa shape index (κ1) is 16.1. The van der Waals surface area contributed by atoms with Crippen molar-refractivity contribution in [1.29, 1.82) is 0 Å². The number of carbonyl (C=O) groups is 2. The molecule has 0 aliphatic carbocycles. The number of aliphatic carboxylic acids is 1. The van der Waals surface area contributed by atoms with Gasteiger partial charge >= 0.3 is 5.97 Å². The van der Waals surface area contributed by atoms with Crippen molar-refractivity contribution >= 4 is 21.7 Å². The molecule has 0 aliphatic heterocycles. The van der Waals surface area contributed by atoms with E-state index in [9.17, 15) is 22.4 Å². The van der Waals surface area contributed by atoms with Crippen LogP contribution >= 0.6 is 0 Å². The van der Waals surface area contributed by atoms with Gasteiger partial charge in [-0.05, 0) is 17.7 Å². The predicted octanol–water partition coefficient (Wildman–Crippen LogP) is 0.330. The summed E-state index contributed by atoms with van der Waals surface area (Å²) < 4.78 is 36.7. The summed E-state index contributed by atoms with van der Waals surface area (Å²) in [7, 11) is -3.80. The van der Waals surface area contributed by atoms with Crippen LogP contribution in [0, 0.1) is 5.82 Å². The van der Waals surface area contributed by atoms with E-state index in [1.54, 1.807) is 0 Å². The highest BCUT2D eigenvalue weighted by Crippen LogP contribution is 2.10. The van der Waals surface area contributed by atoms with Gasteiger partial charge in [-0.2, -0.15) is 0 Å². The second-order valence-electron chi connectivity index (χ2n) is 4.28. The maximum absolute atomic E-state index is 13.0. The quantitative estimate of drug-likeness (QED) is 0.788. The van der Waals surface area contributed by atoms with E-state index in [2.05, 4.69) is 0 Å². The summed E-state index contributed by atoms with van der Waals surface area (Å²) in [5.74, 6) is -3.90. The lowest BCUT2D eigenvalue weighted by atomic mass is 10.2. The van der Waals surface area contributed by atoms with Crippen LogP contribution in [0.15, 0.2) is 24.3 Å². The van der Waals surface area contributed by atoms with Crippen LogP contribution in [0.4, 0.5) is 4.39 Å². The van der Waals surface area contributed by atoms with Crippen LogP contribution in [0.5, 0.6) is 0 Å². The Morgan fingerprint density at radius 3 is 2.55 bits per heavy atom. The summed E-state index contributed by atoms with van der Waals surface area (Å²) in [5.41, 5.74) is 0.219. The molecule has 8 heteroatoms. The Balaban J connectivity index is 2.82. The lowest BCUT2D eigenvalue weighted by Gasteiger charge is -2.13. The molecule has 6 nitrogen and oxygen atoms in total. The number of halogens is 1. The zero-order valence-corrected chi connectivity index (χ0v) is 11.5. The molecule has 1 aromatic carbocycles. The third kappa shape index (κ3) is 5.35. The molecule has 1 aromatic rings. The van der Waals surface area contributed by atoms with Gasteiger partial charge in [-0.3, -0.25) is 4.79 Å². The number of sulfone groups is 1. The molecular formula is C12H14FNO5S. The van der Waals surface area contributed by atoms with Gasteiger partial charge in [-0.15, -0.1) is 0 Å². The first-order chi connectivity index (χ1) is 9.19. The number of nitrogens with one attached hydrogen (secondary N) is 1. The number of benzene rings is 1. The molecule has 0 unspecified atom stereocenters. The zero-order valence-electron chi connectivity index (χ0n) is 10.7. The van der Waals surface area contributed by atoms with Gasteiger partial charge in [0.05, 0.1) is 11.5 Å². The van der Waals surface area contributed by atoms with E-state index < -0.39 is 45.1 Å². The molecule has 0 heterocycles. The lowest BCUT2D eigenvalue weighted by molar-refractivity contribution is -0.140. The van der Waals surface area contributed by atoms with Gasteiger partial charge in [-0.25, -0.2) is 17.6 Å². The SMILES string of the molecule is CC(=O)N[C@@H](CS(=O)(=O)Cc1cccc(F)c1)C(=O)O. The van der Waals surface area contributed by atoms with Crippen LogP contribution in [-0.2, 0) is 25.2 Å². The number of hydrogen-bond acceptors (Lipinski definition) is 4. The number of carbonyl (C=O) groups excluding carboxylic acids is 1. The Kier molecular flexibility index (Phi) is 5.20. The van der Waals surface area contributed by atoms with E-state index in [0.29, 0.717) is 0 Å². The molecule has 2 N–H and O–H groups in total. The van der Waals surface area contributed by atoms with Crippen LogP contribution in [0.25, 0.3) is 0 Å². The second-order valence-corrected chi connectivity index (χ2v) is 6.38. The minimum absolute atomic E-state index is 0.219. The van der Waals surface area contributed by atoms with Crippen molar-refractivity contribution in [1.82, 2.24) is 5.32 Å². The number of rotatable bonds is 6. The molecule has 0 radical (unpaired) electrons. The van der Waals surface area contributed by atoms with Gasteiger partial charge in [-0.1, -0.05) is 12.1 Å². The summed E-state index contributed by atoms with van der Waals surface area (Å²) in [4.78, 5) is 21.7. The third-order valence-electron chi connectivity index (χ3n) is 2.37. The Labute approximate surface area is 115 Å². The topological polar surface area (TPSA) is 101 Å². The van der Waals surface area contributed by atoms with E-state index in [4.69, 9.17) is 5.11 Å². The van der Waals surface area contributed by atoms with Crippen molar-refractivity contribution < 1.29 is 27.5 Å². The maximum atomic E-state index is 13.0. The summed E-state index contributed by atoms with van der Waals surface area (Å²) in [6, 6.07) is 3.50. The molecule has 110 valence electrons. The molecule has 0 bridgehead atoms. The van der Waals surface area contributed by atoms with Gasteiger partial charge in [0, 0.05) is 6.92 Å². The van der Waals surface area contributed by atoms with E-state index in [1.807, 2.05) is 5.32 Å². The Morgan fingerprint density at radius 1 is 1.40 bits per heavy atom. The molecule has 0 saturated heterocycles. The summed E-state index contributed by atoms with van der Waals surface area (Å²) in [6.07, 6.45) is 0. The minimum atomic E-state index is -3.80. The smallest absolute Gasteiger partial charge is 0.327 e. The Morgan fingerprint density at radius 2 is 2.05 bits per heavy atom. The Bertz CT molecular complexity index is 614. The van der Waals surface area contributed by atoms with Crippen molar-refractivity contribution in [3.63, 3.8) is 0 Å². The second kappa shape index (κ2) is 6.47. The first-order valence-corrected chi connectivity index (χ1v) is 7.46. The van der Waals surface area contributed by atoms with Gasteiger partial charge in [0.25, 0.3) is 0 Å². The van der Waals surface area contributed by atoms with Crippen molar-refractivity contribution in [2.24, 2.45) is 0 Å². The van der Waals surface area contributed by atoms with E-state index in [-0.39, 0.29) is 5.56 Å². The highest BCUT2D eigenvalue weighted by Gasteiger charge is 2.26. The standard InChI is InChI=1S/C12H14FNO5S/c1-8(15)14-11(12(16)17)7-20(18,19)6-9-3-2-4-10(13)5-9/h2-5,11H,6-7H2,1H3,(H,14,15)(H,16,17)/t11-/m0/s1. The highest BCUT2D eigenvalue weighted by molar-refractivity contribution is 7.90. The van der Waals surface area contributed by atoms with Crippen LogP contribution in [0.1, 0.15) is 12.5 Å². The van der Waals surface area contributed by atoms with Gasteiger partial charge in [0.2, 0.25) is 5.91 Å². The molecular weight excluding hydrogens is 289 g/mol. The largest absolute Gasteiger partial charge is 0.480 e. The van der Waals surface area contributed by atoms with Crippen LogP contribution in [-0.4, -0.2) is 37.2 Å². The molecule has 0 aromatic heterocycles. The number of hydrogen-bond donors (Lipinski definition) is 2. The number of carboxylic acids is 1. The summed E-state index contributed by atoms with van der Waals surface area (Å²) in [6.45, 7) is 1.09. The highest BCUT2D eigenvalue weighted by atomic mass is 32.2. The van der Waals surface area contributed by atoms with E-state index >= 15 is 0 Å². The normalized spacial score (nSPS) is 12.7. The maximum Gasteiger partial charge on any atom is 0.327 e. The molecule has 0 spiro atoms. The third-order valence-corrected chi connectivity index (χ3v) is 3.99. The van der Waals surface area contributed by atoms with Crippen LogP contribution in [0.2, 0.25) is 0 Å². The van der Waals surface area contributed by atoms with Crippen LogP contribution < -0.4 is 5.32 Å². The van der Waals surface area contributed by atoms with E-state index in [1.165, 1.54) is 18.2 Å². The molecule has 0 fully saturated rings. The molecule has 1 amide bonds. The lowest BCUT2D eigenvalue weighted by Crippen LogP contribution is -2.44. The van der Waals surface area contributed by atoms with Gasteiger partial charge in [0.15, 0.2) is 9.84 Å².